The van der Waals surface area contributed by atoms with E-state index >= 15 is 0 Å². The van der Waals surface area contributed by atoms with Gasteiger partial charge in [0.15, 0.2) is 5.65 Å². The molecule has 14 heavy (non-hydrogen) atoms. The molecule has 0 aliphatic rings. The first-order valence-corrected chi connectivity index (χ1v) is 4.01. The summed E-state index contributed by atoms with van der Waals surface area (Å²) in [6.45, 7) is 0. The lowest BCUT2D eigenvalue weighted by Gasteiger charge is -1.94. The van der Waals surface area contributed by atoms with E-state index in [0.717, 1.165) is 5.54 Å². The van der Waals surface area contributed by atoms with E-state index in [1.165, 1.54) is 23.0 Å². The number of fused-ring (bicyclic) bond motifs is 1. The summed E-state index contributed by atoms with van der Waals surface area (Å²) in [5.74, 6) is -0.894. The van der Waals surface area contributed by atoms with Crippen LogP contribution in [0.3, 0.4) is 0 Å². The number of halogens is 2. The summed E-state index contributed by atoms with van der Waals surface area (Å²) in [6, 6.07) is 1.51. The predicted octanol–water partition coefficient (Wildman–Crippen LogP) is 0.997. The number of hydrogen-bond acceptors (Lipinski definition) is 3. The first-order chi connectivity index (χ1) is 6.72. The molecule has 2 aromatic heterocycles. The van der Waals surface area contributed by atoms with E-state index in [9.17, 15) is 9.28 Å². The molecule has 0 aliphatic heterocycles. The largest absolute Gasteiger partial charge is 0.284 e. The molecule has 0 saturated heterocycles. The number of amides is 1. The van der Waals surface area contributed by atoms with Gasteiger partial charge in [0.25, 0.3) is 5.91 Å². The van der Waals surface area contributed by atoms with Gasteiger partial charge in [-0.05, 0) is 6.07 Å². The molecule has 0 atom stereocenters. The van der Waals surface area contributed by atoms with Crippen molar-refractivity contribution in [1.29, 1.82) is 0 Å². The molecule has 0 fully saturated rings. The van der Waals surface area contributed by atoms with Crippen molar-refractivity contribution in [2.75, 3.05) is 0 Å². The average Bonchev–Trinajstić information content (AvgIpc) is 2.59. The molecule has 0 unspecified atom stereocenters. The Morgan fingerprint density at radius 3 is 3.14 bits per heavy atom. The fraction of sp³-hybridized carbons (Fsp3) is 0. The minimum atomic E-state index is -0.894. The van der Waals surface area contributed by atoms with E-state index in [1.54, 1.807) is 0 Å². The quantitative estimate of drug-likeness (QED) is 0.569. The van der Waals surface area contributed by atoms with E-state index < -0.39 is 5.91 Å². The Labute approximate surface area is 82.4 Å². The van der Waals surface area contributed by atoms with Gasteiger partial charge in [0, 0.05) is 6.20 Å². The van der Waals surface area contributed by atoms with Gasteiger partial charge in [0.05, 0.1) is 6.20 Å². The molecule has 1 amide bonds. The molecule has 5 nitrogen and oxygen atoms in total. The van der Waals surface area contributed by atoms with Crippen LogP contribution in [0.15, 0.2) is 18.5 Å². The van der Waals surface area contributed by atoms with Crippen LogP contribution in [0.4, 0.5) is 4.48 Å². The molecular formula is C7H4ClFN4O. The third-order valence-electron chi connectivity index (χ3n) is 1.67. The maximum atomic E-state index is 11.9. The smallest absolute Gasteiger partial charge is 0.267 e. The standard InChI is InChI=1S/C7H4ClFN4O/c8-5-1-2-13-6(11-5)4(3-10-13)7(14)12-9/h1-3H,(H,12,14). The summed E-state index contributed by atoms with van der Waals surface area (Å²) in [5.41, 5.74) is 1.26. The minimum absolute atomic E-state index is 0.0370. The van der Waals surface area contributed by atoms with Crippen molar-refractivity contribution in [3.63, 3.8) is 0 Å². The van der Waals surface area contributed by atoms with Gasteiger partial charge in [0.1, 0.15) is 10.7 Å². The van der Waals surface area contributed by atoms with Crippen LogP contribution in [-0.2, 0) is 0 Å². The molecule has 2 heterocycles. The van der Waals surface area contributed by atoms with Gasteiger partial charge >= 0.3 is 0 Å². The van der Waals surface area contributed by atoms with E-state index in [4.69, 9.17) is 11.6 Å². The lowest BCUT2D eigenvalue weighted by molar-refractivity contribution is 0.0861. The van der Waals surface area contributed by atoms with Crippen LogP contribution in [0.5, 0.6) is 0 Å². The van der Waals surface area contributed by atoms with Crippen molar-refractivity contribution in [3.8, 4) is 0 Å². The summed E-state index contributed by atoms with van der Waals surface area (Å²) in [5, 5.41) is 4.01. The Balaban J connectivity index is 2.67. The van der Waals surface area contributed by atoms with Gasteiger partial charge in [-0.1, -0.05) is 16.1 Å². The highest BCUT2D eigenvalue weighted by molar-refractivity contribution is 6.29. The predicted molar refractivity (Wildman–Crippen MR) is 46.6 cm³/mol. The van der Waals surface area contributed by atoms with Crippen molar-refractivity contribution in [1.82, 2.24) is 20.1 Å². The molecule has 72 valence electrons. The van der Waals surface area contributed by atoms with Gasteiger partial charge in [-0.15, -0.1) is 0 Å². The van der Waals surface area contributed by atoms with E-state index in [0.29, 0.717) is 0 Å². The SMILES string of the molecule is O=C(NF)c1cnn2ccc(Cl)nc12. The Morgan fingerprint density at radius 1 is 1.64 bits per heavy atom. The number of rotatable bonds is 1. The number of nitrogens with one attached hydrogen (secondary N) is 1. The molecule has 0 spiro atoms. The first kappa shape index (κ1) is 8.89. The van der Waals surface area contributed by atoms with Gasteiger partial charge in [-0.25, -0.2) is 9.50 Å². The summed E-state index contributed by atoms with van der Waals surface area (Å²) < 4.78 is 13.2. The molecule has 1 N–H and O–H groups in total. The summed E-state index contributed by atoms with van der Waals surface area (Å²) >= 11 is 5.62. The second-order valence-electron chi connectivity index (χ2n) is 2.50. The van der Waals surface area contributed by atoms with E-state index in [2.05, 4.69) is 10.1 Å². The third-order valence-corrected chi connectivity index (χ3v) is 1.88. The van der Waals surface area contributed by atoms with Crippen molar-refractivity contribution >= 4 is 23.2 Å². The van der Waals surface area contributed by atoms with E-state index in [-0.39, 0.29) is 16.4 Å². The fourth-order valence-electron chi connectivity index (χ4n) is 1.06. The topological polar surface area (TPSA) is 59.3 Å². The number of aromatic nitrogens is 3. The van der Waals surface area contributed by atoms with Crippen LogP contribution in [-0.4, -0.2) is 20.5 Å². The Kier molecular flexibility index (Phi) is 2.05. The molecule has 0 aliphatic carbocycles. The van der Waals surface area contributed by atoms with Crippen molar-refractivity contribution in [2.24, 2.45) is 0 Å². The van der Waals surface area contributed by atoms with Crippen LogP contribution in [0.2, 0.25) is 5.15 Å². The van der Waals surface area contributed by atoms with Crippen molar-refractivity contribution in [3.05, 3.63) is 29.2 Å². The zero-order chi connectivity index (χ0) is 10.1. The number of hydrogen-bond donors (Lipinski definition) is 1. The molecular weight excluding hydrogens is 211 g/mol. The summed E-state index contributed by atoms with van der Waals surface area (Å²) in [7, 11) is 0. The van der Waals surface area contributed by atoms with Crippen LogP contribution in [0, 0.1) is 0 Å². The second-order valence-corrected chi connectivity index (χ2v) is 2.89. The van der Waals surface area contributed by atoms with Crippen LogP contribution in [0.25, 0.3) is 5.65 Å². The Morgan fingerprint density at radius 2 is 2.43 bits per heavy atom. The third kappa shape index (κ3) is 1.29. The molecule has 7 heteroatoms. The van der Waals surface area contributed by atoms with Crippen molar-refractivity contribution in [2.45, 2.75) is 0 Å². The first-order valence-electron chi connectivity index (χ1n) is 3.63. The molecule has 0 bridgehead atoms. The lowest BCUT2D eigenvalue weighted by Crippen LogP contribution is -2.13. The second kappa shape index (κ2) is 3.22. The fourth-order valence-corrected chi connectivity index (χ4v) is 1.19. The maximum Gasteiger partial charge on any atom is 0.284 e. The van der Waals surface area contributed by atoms with Crippen LogP contribution < -0.4 is 5.54 Å². The highest BCUT2D eigenvalue weighted by atomic mass is 35.5. The van der Waals surface area contributed by atoms with Gasteiger partial charge < -0.3 is 0 Å². The highest BCUT2D eigenvalue weighted by Crippen LogP contribution is 2.11. The van der Waals surface area contributed by atoms with Crippen molar-refractivity contribution < 1.29 is 9.28 Å². The normalized spacial score (nSPS) is 10.4. The summed E-state index contributed by atoms with van der Waals surface area (Å²) in [6.07, 6.45) is 2.74. The highest BCUT2D eigenvalue weighted by Gasteiger charge is 2.13. The molecule has 2 aromatic rings. The van der Waals surface area contributed by atoms with E-state index in [1.807, 2.05) is 0 Å². The van der Waals surface area contributed by atoms with Crippen LogP contribution in [0.1, 0.15) is 10.4 Å². The lowest BCUT2D eigenvalue weighted by atomic mass is 10.3. The van der Waals surface area contributed by atoms with Gasteiger partial charge in [-0.3, -0.25) is 4.79 Å². The molecule has 0 aromatic carbocycles. The zero-order valence-corrected chi connectivity index (χ0v) is 7.49. The Bertz CT molecular complexity index is 497. The molecule has 0 saturated carbocycles. The van der Waals surface area contributed by atoms with Crippen LogP contribution >= 0.6 is 11.6 Å². The Hall–Kier alpha value is -1.69. The zero-order valence-electron chi connectivity index (χ0n) is 6.74. The molecule has 0 radical (unpaired) electrons. The minimum Gasteiger partial charge on any atom is -0.267 e. The maximum absolute atomic E-state index is 11.9. The van der Waals surface area contributed by atoms with Gasteiger partial charge in [0.2, 0.25) is 0 Å². The summed E-state index contributed by atoms with van der Waals surface area (Å²) in [4.78, 5) is 14.8. The number of nitrogens with zero attached hydrogens (tertiary/aromatic N) is 3. The monoisotopic (exact) mass is 214 g/mol. The molecule has 2 rings (SSSR count). The number of carbonyl (C=O) groups is 1. The van der Waals surface area contributed by atoms with Gasteiger partial charge in [-0.2, -0.15) is 10.6 Å². The number of carbonyl (C=O) groups excluding carboxylic acids is 1. The average molecular weight is 215 g/mol.